The van der Waals surface area contributed by atoms with E-state index < -0.39 is 0 Å². The molecule has 0 radical (unpaired) electrons. The molecule has 76 valence electrons. The number of hydrogen-bond donors (Lipinski definition) is 1. The van der Waals surface area contributed by atoms with Gasteiger partial charge >= 0.3 is 0 Å². The lowest BCUT2D eigenvalue weighted by molar-refractivity contribution is 0.326. The molecule has 0 saturated heterocycles. The van der Waals surface area contributed by atoms with Crippen molar-refractivity contribution in [3.05, 3.63) is 42.0 Å². The molecule has 1 N–H and O–H groups in total. The van der Waals surface area contributed by atoms with Crippen LogP contribution in [0, 0.1) is 0 Å². The molecule has 0 saturated carbocycles. The van der Waals surface area contributed by atoms with Gasteiger partial charge in [-0.1, -0.05) is 30.3 Å². The second-order valence-corrected chi connectivity index (χ2v) is 3.79. The van der Waals surface area contributed by atoms with E-state index in [0.717, 1.165) is 25.4 Å². The van der Waals surface area contributed by atoms with Crippen LogP contribution in [0.3, 0.4) is 0 Å². The van der Waals surface area contributed by atoms with Gasteiger partial charge < -0.3 is 10.1 Å². The molecule has 3 rings (SSSR count). The molecule has 2 aromatic rings. The van der Waals surface area contributed by atoms with Gasteiger partial charge in [0.05, 0.1) is 0 Å². The number of nitrogens with one attached hydrogen (secondary N) is 1. The van der Waals surface area contributed by atoms with Crippen molar-refractivity contribution >= 4 is 10.8 Å². The van der Waals surface area contributed by atoms with Crippen molar-refractivity contribution in [1.82, 2.24) is 5.32 Å². The van der Waals surface area contributed by atoms with Crippen LogP contribution in [0.4, 0.5) is 0 Å². The zero-order valence-electron chi connectivity index (χ0n) is 8.49. The first-order valence-electron chi connectivity index (χ1n) is 5.29. The van der Waals surface area contributed by atoms with E-state index in [2.05, 4.69) is 41.7 Å². The van der Waals surface area contributed by atoms with Crippen LogP contribution in [0.25, 0.3) is 10.8 Å². The summed E-state index contributed by atoms with van der Waals surface area (Å²) in [6.07, 6.45) is 0. The Balaban J connectivity index is 2.27. The summed E-state index contributed by atoms with van der Waals surface area (Å²) in [5, 5.41) is 5.95. The summed E-state index contributed by atoms with van der Waals surface area (Å²) < 4.78 is 5.69. The Labute approximate surface area is 88.9 Å². The maximum Gasteiger partial charge on any atom is 0.124 e. The Kier molecular flexibility index (Phi) is 2.07. The van der Waals surface area contributed by atoms with E-state index in [-0.39, 0.29) is 0 Å². The van der Waals surface area contributed by atoms with Gasteiger partial charge in [-0.25, -0.2) is 0 Å². The third-order valence-corrected chi connectivity index (χ3v) is 2.84. The van der Waals surface area contributed by atoms with Crippen molar-refractivity contribution in [1.29, 1.82) is 0 Å². The Bertz CT molecular complexity index is 493. The van der Waals surface area contributed by atoms with Gasteiger partial charge in [0, 0.05) is 18.7 Å². The summed E-state index contributed by atoms with van der Waals surface area (Å²) in [6, 6.07) is 12.6. The highest BCUT2D eigenvalue weighted by atomic mass is 16.5. The monoisotopic (exact) mass is 199 g/mol. The fraction of sp³-hybridized carbons (Fsp3) is 0.231. The molecular formula is C13H13NO. The highest BCUT2D eigenvalue weighted by Gasteiger charge is 2.10. The Morgan fingerprint density at radius 2 is 2.00 bits per heavy atom. The predicted molar refractivity (Wildman–Crippen MR) is 61.1 cm³/mol. The van der Waals surface area contributed by atoms with Crippen LogP contribution < -0.4 is 10.1 Å². The lowest BCUT2D eigenvalue weighted by Gasteiger charge is -2.09. The van der Waals surface area contributed by atoms with Gasteiger partial charge in [-0.05, 0) is 16.8 Å². The summed E-state index contributed by atoms with van der Waals surface area (Å²) in [4.78, 5) is 0. The topological polar surface area (TPSA) is 21.3 Å². The van der Waals surface area contributed by atoms with Crippen LogP contribution in [0.1, 0.15) is 5.56 Å². The van der Waals surface area contributed by atoms with Crippen LogP contribution in [0.15, 0.2) is 36.4 Å². The average molecular weight is 199 g/mol. The van der Waals surface area contributed by atoms with Crippen molar-refractivity contribution in [2.75, 3.05) is 13.2 Å². The third-order valence-electron chi connectivity index (χ3n) is 2.84. The molecule has 2 aromatic carbocycles. The van der Waals surface area contributed by atoms with Crippen molar-refractivity contribution in [3.8, 4) is 5.75 Å². The molecule has 2 nitrogen and oxygen atoms in total. The molecule has 0 spiro atoms. The van der Waals surface area contributed by atoms with Crippen molar-refractivity contribution < 1.29 is 4.74 Å². The van der Waals surface area contributed by atoms with E-state index in [1.807, 2.05) is 0 Å². The molecule has 0 unspecified atom stereocenters. The quantitative estimate of drug-likeness (QED) is 0.703. The van der Waals surface area contributed by atoms with Gasteiger partial charge in [0.1, 0.15) is 12.4 Å². The SMILES string of the molecule is c1ccc2c3c(ccc2c1)OCCNC3. The average Bonchev–Trinajstić information content (AvgIpc) is 2.54. The lowest BCUT2D eigenvalue weighted by atomic mass is 10.0. The molecule has 0 bridgehead atoms. The van der Waals surface area contributed by atoms with E-state index in [1.54, 1.807) is 0 Å². The lowest BCUT2D eigenvalue weighted by Crippen LogP contribution is -2.16. The van der Waals surface area contributed by atoms with Crippen LogP contribution in [-0.4, -0.2) is 13.2 Å². The second kappa shape index (κ2) is 3.55. The predicted octanol–water partition coefficient (Wildman–Crippen LogP) is 2.32. The Morgan fingerprint density at radius 1 is 1.07 bits per heavy atom. The molecule has 0 aromatic heterocycles. The van der Waals surface area contributed by atoms with Crippen LogP contribution in [0.5, 0.6) is 5.75 Å². The van der Waals surface area contributed by atoms with Crippen LogP contribution >= 0.6 is 0 Å². The van der Waals surface area contributed by atoms with Gasteiger partial charge in [0.15, 0.2) is 0 Å². The zero-order chi connectivity index (χ0) is 10.1. The molecule has 0 fully saturated rings. The number of fused-ring (bicyclic) bond motifs is 3. The smallest absolute Gasteiger partial charge is 0.124 e. The molecule has 2 heteroatoms. The van der Waals surface area contributed by atoms with Gasteiger partial charge in [0.2, 0.25) is 0 Å². The first kappa shape index (κ1) is 8.74. The number of ether oxygens (including phenoxy) is 1. The first-order chi connectivity index (χ1) is 7.45. The standard InChI is InChI=1S/C13H13NO/c1-2-4-11-10(3-1)5-6-13-12(11)9-14-7-8-15-13/h1-6,14H,7-9H2. The summed E-state index contributed by atoms with van der Waals surface area (Å²) in [7, 11) is 0. The van der Waals surface area contributed by atoms with E-state index in [4.69, 9.17) is 4.74 Å². The fourth-order valence-corrected chi connectivity index (χ4v) is 2.08. The fourth-order valence-electron chi connectivity index (χ4n) is 2.08. The molecule has 0 amide bonds. The minimum Gasteiger partial charge on any atom is -0.492 e. The van der Waals surface area contributed by atoms with Crippen LogP contribution in [-0.2, 0) is 6.54 Å². The van der Waals surface area contributed by atoms with Crippen molar-refractivity contribution in [3.63, 3.8) is 0 Å². The third kappa shape index (κ3) is 1.47. The second-order valence-electron chi connectivity index (χ2n) is 3.79. The number of benzene rings is 2. The van der Waals surface area contributed by atoms with Crippen molar-refractivity contribution in [2.45, 2.75) is 6.54 Å². The van der Waals surface area contributed by atoms with Gasteiger partial charge in [-0.2, -0.15) is 0 Å². The van der Waals surface area contributed by atoms with E-state index in [1.165, 1.54) is 16.3 Å². The van der Waals surface area contributed by atoms with Gasteiger partial charge in [-0.15, -0.1) is 0 Å². The van der Waals surface area contributed by atoms with E-state index >= 15 is 0 Å². The highest BCUT2D eigenvalue weighted by molar-refractivity contribution is 5.87. The number of rotatable bonds is 0. The van der Waals surface area contributed by atoms with E-state index in [0.29, 0.717) is 0 Å². The highest BCUT2D eigenvalue weighted by Crippen LogP contribution is 2.28. The molecule has 1 aliphatic heterocycles. The summed E-state index contributed by atoms with van der Waals surface area (Å²) in [5.74, 6) is 1.03. The van der Waals surface area contributed by atoms with Crippen molar-refractivity contribution in [2.24, 2.45) is 0 Å². The zero-order valence-corrected chi connectivity index (χ0v) is 8.49. The van der Waals surface area contributed by atoms with Gasteiger partial charge in [0.25, 0.3) is 0 Å². The maximum absolute atomic E-state index is 5.69. The molecule has 15 heavy (non-hydrogen) atoms. The van der Waals surface area contributed by atoms with E-state index in [9.17, 15) is 0 Å². The number of hydrogen-bond acceptors (Lipinski definition) is 2. The first-order valence-corrected chi connectivity index (χ1v) is 5.29. The molecule has 1 aliphatic rings. The summed E-state index contributed by atoms with van der Waals surface area (Å²) >= 11 is 0. The molecule has 1 heterocycles. The summed E-state index contributed by atoms with van der Waals surface area (Å²) in [5.41, 5.74) is 1.28. The maximum atomic E-state index is 5.69. The normalized spacial score (nSPS) is 15.5. The molecule has 0 atom stereocenters. The summed E-state index contributed by atoms with van der Waals surface area (Å²) in [6.45, 7) is 2.57. The minimum absolute atomic E-state index is 0.755. The largest absolute Gasteiger partial charge is 0.492 e. The minimum atomic E-state index is 0.755. The molecular weight excluding hydrogens is 186 g/mol. The van der Waals surface area contributed by atoms with Gasteiger partial charge in [-0.3, -0.25) is 0 Å². The van der Waals surface area contributed by atoms with Crippen LogP contribution in [0.2, 0.25) is 0 Å². The Morgan fingerprint density at radius 3 is 3.00 bits per heavy atom. The molecule has 0 aliphatic carbocycles. The Hall–Kier alpha value is -1.54.